The summed E-state index contributed by atoms with van der Waals surface area (Å²) < 4.78 is 0. The van der Waals surface area contributed by atoms with Gasteiger partial charge in [0.1, 0.15) is 0 Å². The van der Waals surface area contributed by atoms with Crippen LogP contribution in [0.3, 0.4) is 0 Å². The Morgan fingerprint density at radius 1 is 1.00 bits per heavy atom. The molecule has 0 heterocycles. The van der Waals surface area contributed by atoms with E-state index in [1.165, 1.54) is 0 Å². The molecule has 8 heteroatoms. The Hall–Kier alpha value is -2.32. The van der Waals surface area contributed by atoms with Crippen molar-refractivity contribution in [2.45, 2.75) is 6.92 Å². The van der Waals surface area contributed by atoms with Gasteiger partial charge in [0.15, 0.2) is 0 Å². The number of aliphatic hydroxyl groups is 2. The maximum Gasteiger partial charge on any atom is 0.319 e. The molecular weight excluding hydrogens is 276 g/mol. The Bertz CT molecular complexity index is 493. The highest BCUT2D eigenvalue weighted by Gasteiger charge is 2.07. The number of benzene rings is 1. The Morgan fingerprint density at radius 2 is 1.57 bits per heavy atom. The number of carbonyl (C=O) groups excluding carboxylic acids is 2. The summed E-state index contributed by atoms with van der Waals surface area (Å²) in [5.74, 6) is 0. The first-order valence-electron chi connectivity index (χ1n) is 6.49. The van der Waals surface area contributed by atoms with Crippen LogP contribution >= 0.6 is 0 Å². The summed E-state index contributed by atoms with van der Waals surface area (Å²) in [6, 6.07) is 4.19. The third-order valence-electron chi connectivity index (χ3n) is 2.54. The second-order valence-corrected chi connectivity index (χ2v) is 4.24. The second kappa shape index (κ2) is 8.77. The quantitative estimate of drug-likeness (QED) is 0.449. The maximum atomic E-state index is 11.5. The van der Waals surface area contributed by atoms with Crippen molar-refractivity contribution in [3.8, 4) is 0 Å². The van der Waals surface area contributed by atoms with Gasteiger partial charge < -0.3 is 31.5 Å². The van der Waals surface area contributed by atoms with Crippen LogP contribution in [0.5, 0.6) is 0 Å². The lowest BCUT2D eigenvalue weighted by Crippen LogP contribution is -2.32. The van der Waals surface area contributed by atoms with Gasteiger partial charge in [0, 0.05) is 24.5 Å². The molecule has 21 heavy (non-hydrogen) atoms. The van der Waals surface area contributed by atoms with E-state index < -0.39 is 12.1 Å². The normalized spacial score (nSPS) is 9.86. The Balaban J connectivity index is 2.66. The first kappa shape index (κ1) is 16.7. The van der Waals surface area contributed by atoms with E-state index in [9.17, 15) is 9.59 Å². The summed E-state index contributed by atoms with van der Waals surface area (Å²) in [6.45, 7) is 1.86. The second-order valence-electron chi connectivity index (χ2n) is 4.24. The first-order valence-corrected chi connectivity index (χ1v) is 6.49. The summed E-state index contributed by atoms with van der Waals surface area (Å²) in [5, 5.41) is 27.4. The van der Waals surface area contributed by atoms with E-state index in [-0.39, 0.29) is 26.3 Å². The van der Waals surface area contributed by atoms with Gasteiger partial charge in [-0.05, 0) is 24.6 Å². The van der Waals surface area contributed by atoms with Crippen LogP contribution in [0.15, 0.2) is 18.2 Å². The molecule has 0 atom stereocenters. The Morgan fingerprint density at radius 3 is 2.14 bits per heavy atom. The number of aryl methyl sites for hydroxylation is 1. The van der Waals surface area contributed by atoms with Crippen LogP contribution in [0.2, 0.25) is 0 Å². The summed E-state index contributed by atoms with van der Waals surface area (Å²) >= 11 is 0. The van der Waals surface area contributed by atoms with Gasteiger partial charge in [-0.1, -0.05) is 6.07 Å². The molecule has 1 aromatic carbocycles. The van der Waals surface area contributed by atoms with E-state index in [0.29, 0.717) is 11.4 Å². The molecule has 0 unspecified atom stereocenters. The van der Waals surface area contributed by atoms with E-state index >= 15 is 0 Å². The largest absolute Gasteiger partial charge is 0.395 e. The SMILES string of the molecule is Cc1ccc(NC(=O)NCCO)cc1NC(=O)NCCO. The van der Waals surface area contributed by atoms with Gasteiger partial charge in [0.25, 0.3) is 0 Å². The molecule has 1 rings (SSSR count). The predicted octanol–water partition coefficient (Wildman–Crippen LogP) is 0.223. The molecule has 6 N–H and O–H groups in total. The van der Waals surface area contributed by atoms with Crippen LogP contribution in [0.1, 0.15) is 5.56 Å². The van der Waals surface area contributed by atoms with Crippen molar-refractivity contribution in [2.75, 3.05) is 36.9 Å². The van der Waals surface area contributed by atoms with Gasteiger partial charge in [-0.3, -0.25) is 0 Å². The monoisotopic (exact) mass is 296 g/mol. The minimum atomic E-state index is -0.441. The predicted molar refractivity (Wildman–Crippen MR) is 79.4 cm³/mol. The van der Waals surface area contributed by atoms with Crippen molar-refractivity contribution >= 4 is 23.4 Å². The van der Waals surface area contributed by atoms with Gasteiger partial charge in [-0.15, -0.1) is 0 Å². The summed E-state index contributed by atoms with van der Waals surface area (Å²) in [5.41, 5.74) is 1.88. The van der Waals surface area contributed by atoms with Gasteiger partial charge in [-0.2, -0.15) is 0 Å². The Kier molecular flexibility index (Phi) is 6.99. The highest BCUT2D eigenvalue weighted by Crippen LogP contribution is 2.20. The first-order chi connectivity index (χ1) is 10.1. The summed E-state index contributed by atoms with van der Waals surface area (Å²) in [7, 11) is 0. The minimum Gasteiger partial charge on any atom is -0.395 e. The third kappa shape index (κ3) is 6.11. The summed E-state index contributed by atoms with van der Waals surface area (Å²) in [6.07, 6.45) is 0. The van der Waals surface area contributed by atoms with Crippen LogP contribution in [0.4, 0.5) is 21.0 Å². The van der Waals surface area contributed by atoms with Gasteiger partial charge in [0.2, 0.25) is 0 Å². The van der Waals surface area contributed by atoms with Gasteiger partial charge in [-0.25, -0.2) is 9.59 Å². The minimum absolute atomic E-state index is 0.140. The molecule has 0 aromatic heterocycles. The highest BCUT2D eigenvalue weighted by molar-refractivity contribution is 5.93. The molecule has 0 spiro atoms. The average molecular weight is 296 g/mol. The van der Waals surface area contributed by atoms with E-state index in [0.717, 1.165) is 5.56 Å². The number of urea groups is 2. The molecule has 8 nitrogen and oxygen atoms in total. The molecule has 0 bridgehead atoms. The average Bonchev–Trinajstić information content (AvgIpc) is 2.46. The molecule has 116 valence electrons. The highest BCUT2D eigenvalue weighted by atomic mass is 16.3. The van der Waals surface area contributed by atoms with Crippen molar-refractivity contribution in [1.82, 2.24) is 10.6 Å². The standard InChI is InChI=1S/C13H20N4O4/c1-9-2-3-10(16-12(20)14-4-6-18)8-11(9)17-13(21)15-5-7-19/h2-3,8,18-19H,4-7H2,1H3,(H2,14,16,20)(H2,15,17,21). The number of anilines is 2. The van der Waals surface area contributed by atoms with Crippen LogP contribution in [-0.4, -0.2) is 48.6 Å². The third-order valence-corrected chi connectivity index (χ3v) is 2.54. The lowest BCUT2D eigenvalue weighted by Gasteiger charge is -2.12. The lowest BCUT2D eigenvalue weighted by atomic mass is 10.2. The van der Waals surface area contributed by atoms with E-state index in [4.69, 9.17) is 10.2 Å². The van der Waals surface area contributed by atoms with Gasteiger partial charge >= 0.3 is 12.1 Å². The van der Waals surface area contributed by atoms with E-state index in [1.54, 1.807) is 18.2 Å². The molecule has 0 fully saturated rings. The number of carbonyl (C=O) groups is 2. The molecular formula is C13H20N4O4. The fourth-order valence-corrected chi connectivity index (χ4v) is 1.52. The summed E-state index contributed by atoms with van der Waals surface area (Å²) in [4.78, 5) is 23.0. The molecule has 1 aromatic rings. The fraction of sp³-hybridized carbons (Fsp3) is 0.385. The van der Waals surface area contributed by atoms with Crippen molar-refractivity contribution in [3.63, 3.8) is 0 Å². The molecule has 0 radical (unpaired) electrons. The van der Waals surface area contributed by atoms with Crippen molar-refractivity contribution < 1.29 is 19.8 Å². The number of hydrogen-bond acceptors (Lipinski definition) is 4. The number of hydrogen-bond donors (Lipinski definition) is 6. The zero-order chi connectivity index (χ0) is 15.7. The zero-order valence-corrected chi connectivity index (χ0v) is 11.8. The maximum absolute atomic E-state index is 11.5. The number of rotatable bonds is 6. The van der Waals surface area contributed by atoms with Gasteiger partial charge in [0.05, 0.1) is 13.2 Å². The fourth-order valence-electron chi connectivity index (χ4n) is 1.52. The Labute approximate surface area is 122 Å². The molecule has 0 aliphatic rings. The van der Waals surface area contributed by atoms with Crippen LogP contribution in [-0.2, 0) is 0 Å². The number of aliphatic hydroxyl groups excluding tert-OH is 2. The van der Waals surface area contributed by atoms with Crippen LogP contribution in [0.25, 0.3) is 0 Å². The van der Waals surface area contributed by atoms with Crippen molar-refractivity contribution in [1.29, 1.82) is 0 Å². The molecule has 0 aliphatic heterocycles. The molecule has 0 saturated carbocycles. The molecule has 0 aliphatic carbocycles. The van der Waals surface area contributed by atoms with Crippen LogP contribution < -0.4 is 21.3 Å². The molecule has 4 amide bonds. The van der Waals surface area contributed by atoms with Crippen molar-refractivity contribution in [3.05, 3.63) is 23.8 Å². The van der Waals surface area contributed by atoms with E-state index in [1.807, 2.05) is 6.92 Å². The van der Waals surface area contributed by atoms with Crippen LogP contribution in [0, 0.1) is 6.92 Å². The van der Waals surface area contributed by atoms with E-state index in [2.05, 4.69) is 21.3 Å². The topological polar surface area (TPSA) is 123 Å². The molecule has 0 saturated heterocycles. The zero-order valence-electron chi connectivity index (χ0n) is 11.8. The van der Waals surface area contributed by atoms with Crippen molar-refractivity contribution in [2.24, 2.45) is 0 Å². The number of amides is 4. The smallest absolute Gasteiger partial charge is 0.319 e. The lowest BCUT2D eigenvalue weighted by molar-refractivity contribution is 0.244. The number of nitrogens with one attached hydrogen (secondary N) is 4.